The van der Waals surface area contributed by atoms with E-state index in [0.29, 0.717) is 5.02 Å². The Labute approximate surface area is 90.9 Å². The maximum atomic E-state index is 5.99. The van der Waals surface area contributed by atoms with Gasteiger partial charge in [-0.25, -0.2) is 0 Å². The second kappa shape index (κ2) is 4.96. The molecule has 1 rings (SSSR count). The Morgan fingerprint density at radius 1 is 1.31 bits per heavy atom. The van der Waals surface area contributed by atoms with Crippen molar-refractivity contribution in [2.75, 3.05) is 14.2 Å². The zero-order chi connectivity index (χ0) is 9.84. The summed E-state index contributed by atoms with van der Waals surface area (Å²) >= 11 is 9.31. The molecule has 0 saturated carbocycles. The van der Waals surface area contributed by atoms with E-state index in [9.17, 15) is 0 Å². The second-order valence-electron chi connectivity index (χ2n) is 2.47. The van der Waals surface area contributed by atoms with Crippen LogP contribution in [0.1, 0.15) is 11.9 Å². The second-order valence-corrected chi connectivity index (χ2v) is 3.79. The molecule has 0 aliphatic rings. The summed E-state index contributed by atoms with van der Waals surface area (Å²) in [5, 5.41) is 0.628. The number of rotatable bonds is 3. The number of hydrogen-bond acceptors (Lipinski definition) is 2. The molecule has 0 unspecified atom stereocenters. The summed E-state index contributed by atoms with van der Waals surface area (Å²) in [5.41, 5.74) is 0.829. The fourth-order valence-corrected chi connectivity index (χ4v) is 1.81. The van der Waals surface area contributed by atoms with E-state index in [4.69, 9.17) is 21.1 Å². The van der Waals surface area contributed by atoms with E-state index in [2.05, 4.69) is 15.9 Å². The molecule has 1 aromatic rings. The average Bonchev–Trinajstić information content (AvgIpc) is 2.10. The zero-order valence-corrected chi connectivity index (χ0v) is 9.72. The van der Waals surface area contributed by atoms with Crippen LogP contribution in [0.4, 0.5) is 0 Å². The van der Waals surface area contributed by atoms with Gasteiger partial charge in [0.05, 0.1) is 0 Å². The van der Waals surface area contributed by atoms with Gasteiger partial charge in [-0.3, -0.25) is 0 Å². The van der Waals surface area contributed by atoms with Crippen molar-refractivity contribution in [2.45, 2.75) is 6.29 Å². The van der Waals surface area contributed by atoms with Crippen LogP contribution in [0.25, 0.3) is 0 Å². The highest BCUT2D eigenvalue weighted by Crippen LogP contribution is 2.28. The first kappa shape index (κ1) is 11.0. The number of hydrogen-bond donors (Lipinski definition) is 0. The van der Waals surface area contributed by atoms with Crippen LogP contribution in [0.5, 0.6) is 0 Å². The van der Waals surface area contributed by atoms with Crippen molar-refractivity contribution in [1.82, 2.24) is 0 Å². The Bertz CT molecular complexity index is 287. The maximum Gasteiger partial charge on any atom is 0.184 e. The van der Waals surface area contributed by atoms with Crippen molar-refractivity contribution in [3.05, 3.63) is 33.3 Å². The lowest BCUT2D eigenvalue weighted by molar-refractivity contribution is -0.105. The van der Waals surface area contributed by atoms with Crippen LogP contribution in [0.15, 0.2) is 22.7 Å². The summed E-state index contributed by atoms with van der Waals surface area (Å²) in [7, 11) is 3.15. The minimum absolute atomic E-state index is 0.402. The largest absolute Gasteiger partial charge is 0.352 e. The molecule has 0 N–H and O–H groups in total. The number of benzene rings is 1. The van der Waals surface area contributed by atoms with Crippen LogP contribution in [0.2, 0.25) is 5.02 Å². The molecule has 72 valence electrons. The van der Waals surface area contributed by atoms with Gasteiger partial charge in [0.15, 0.2) is 6.29 Å². The third kappa shape index (κ3) is 2.68. The molecule has 0 heterocycles. The standard InChI is InChI=1S/C9H10BrClO2/c1-12-9(13-2)7-4-3-6(10)5-8(7)11/h3-5,9H,1-2H3. The van der Waals surface area contributed by atoms with E-state index in [1.165, 1.54) is 0 Å². The summed E-state index contributed by atoms with van der Waals surface area (Å²) in [5.74, 6) is 0. The van der Waals surface area contributed by atoms with Crippen LogP contribution in [0, 0.1) is 0 Å². The summed E-state index contributed by atoms with van der Waals surface area (Å²) in [6.07, 6.45) is -0.402. The fraction of sp³-hybridized carbons (Fsp3) is 0.333. The van der Waals surface area contributed by atoms with Gasteiger partial charge in [-0.15, -0.1) is 0 Å². The van der Waals surface area contributed by atoms with Crippen LogP contribution < -0.4 is 0 Å². The van der Waals surface area contributed by atoms with Gasteiger partial charge >= 0.3 is 0 Å². The van der Waals surface area contributed by atoms with Crippen molar-refractivity contribution < 1.29 is 9.47 Å². The molecule has 0 spiro atoms. The van der Waals surface area contributed by atoms with Gasteiger partial charge in [-0.05, 0) is 12.1 Å². The molecule has 0 aliphatic carbocycles. The van der Waals surface area contributed by atoms with Crippen LogP contribution >= 0.6 is 27.5 Å². The molecular formula is C9H10BrClO2. The van der Waals surface area contributed by atoms with Crippen molar-refractivity contribution in [3.63, 3.8) is 0 Å². The molecule has 0 fully saturated rings. The molecule has 0 saturated heterocycles. The molecule has 0 amide bonds. The summed E-state index contributed by atoms with van der Waals surface area (Å²) in [4.78, 5) is 0. The van der Waals surface area contributed by atoms with E-state index < -0.39 is 6.29 Å². The highest BCUT2D eigenvalue weighted by Gasteiger charge is 2.12. The third-order valence-electron chi connectivity index (χ3n) is 1.64. The Morgan fingerprint density at radius 2 is 1.92 bits per heavy atom. The van der Waals surface area contributed by atoms with Gasteiger partial charge in [0, 0.05) is 29.3 Å². The smallest absolute Gasteiger partial charge is 0.184 e. The van der Waals surface area contributed by atoms with E-state index in [1.54, 1.807) is 14.2 Å². The zero-order valence-electron chi connectivity index (χ0n) is 7.38. The number of halogens is 2. The van der Waals surface area contributed by atoms with Gasteiger partial charge in [-0.2, -0.15) is 0 Å². The van der Waals surface area contributed by atoms with E-state index in [1.807, 2.05) is 18.2 Å². The third-order valence-corrected chi connectivity index (χ3v) is 2.47. The quantitative estimate of drug-likeness (QED) is 0.780. The van der Waals surface area contributed by atoms with Crippen molar-refractivity contribution in [3.8, 4) is 0 Å². The molecular weight excluding hydrogens is 255 g/mol. The van der Waals surface area contributed by atoms with E-state index in [-0.39, 0.29) is 0 Å². The molecule has 13 heavy (non-hydrogen) atoms. The van der Waals surface area contributed by atoms with Gasteiger partial charge < -0.3 is 9.47 Å². The monoisotopic (exact) mass is 264 g/mol. The molecule has 0 aliphatic heterocycles. The van der Waals surface area contributed by atoms with Crippen molar-refractivity contribution in [1.29, 1.82) is 0 Å². The van der Waals surface area contributed by atoms with Gasteiger partial charge in [0.2, 0.25) is 0 Å². The summed E-state index contributed by atoms with van der Waals surface area (Å²) in [6, 6.07) is 5.57. The first-order chi connectivity index (χ1) is 6.19. The van der Waals surface area contributed by atoms with E-state index in [0.717, 1.165) is 10.0 Å². The van der Waals surface area contributed by atoms with Gasteiger partial charge in [-0.1, -0.05) is 33.6 Å². The minimum Gasteiger partial charge on any atom is -0.352 e. The van der Waals surface area contributed by atoms with Crippen molar-refractivity contribution >= 4 is 27.5 Å². The Balaban J connectivity index is 2.99. The Hall–Kier alpha value is -0.0900. The molecule has 0 bridgehead atoms. The lowest BCUT2D eigenvalue weighted by Gasteiger charge is -2.14. The minimum atomic E-state index is -0.402. The lowest BCUT2D eigenvalue weighted by atomic mass is 10.2. The highest BCUT2D eigenvalue weighted by molar-refractivity contribution is 9.10. The molecule has 2 nitrogen and oxygen atoms in total. The summed E-state index contributed by atoms with van der Waals surface area (Å²) < 4.78 is 11.1. The average molecular weight is 266 g/mol. The van der Waals surface area contributed by atoms with Gasteiger partial charge in [0.1, 0.15) is 0 Å². The van der Waals surface area contributed by atoms with Crippen LogP contribution in [-0.2, 0) is 9.47 Å². The van der Waals surface area contributed by atoms with Crippen molar-refractivity contribution in [2.24, 2.45) is 0 Å². The number of ether oxygens (including phenoxy) is 2. The normalized spacial score (nSPS) is 10.8. The van der Waals surface area contributed by atoms with E-state index >= 15 is 0 Å². The molecule has 0 atom stereocenters. The SMILES string of the molecule is COC(OC)c1ccc(Br)cc1Cl. The van der Waals surface area contributed by atoms with Crippen LogP contribution in [-0.4, -0.2) is 14.2 Å². The molecule has 0 aromatic heterocycles. The molecule has 0 radical (unpaired) electrons. The predicted molar refractivity (Wildman–Crippen MR) is 55.9 cm³/mol. The topological polar surface area (TPSA) is 18.5 Å². The molecule has 1 aromatic carbocycles. The Kier molecular flexibility index (Phi) is 4.19. The predicted octanol–water partition coefficient (Wildman–Crippen LogP) is 3.39. The Morgan fingerprint density at radius 3 is 2.38 bits per heavy atom. The molecule has 4 heteroatoms. The van der Waals surface area contributed by atoms with Gasteiger partial charge in [0.25, 0.3) is 0 Å². The maximum absolute atomic E-state index is 5.99. The summed E-state index contributed by atoms with van der Waals surface area (Å²) in [6.45, 7) is 0. The van der Waals surface area contributed by atoms with Crippen LogP contribution in [0.3, 0.4) is 0 Å². The first-order valence-electron chi connectivity index (χ1n) is 3.69. The lowest BCUT2D eigenvalue weighted by Crippen LogP contribution is -2.03. The first-order valence-corrected chi connectivity index (χ1v) is 4.86. The fourth-order valence-electron chi connectivity index (χ4n) is 1.04. The number of methoxy groups -OCH3 is 2. The highest BCUT2D eigenvalue weighted by atomic mass is 79.9.